The number of rotatable bonds is 4. The van der Waals surface area contributed by atoms with Gasteiger partial charge in [0.05, 0.1) is 6.10 Å². The van der Waals surface area contributed by atoms with E-state index in [1.54, 1.807) is 7.11 Å². The van der Waals surface area contributed by atoms with E-state index in [-0.39, 0.29) is 12.0 Å². The predicted molar refractivity (Wildman–Crippen MR) is 70.0 cm³/mol. The fourth-order valence-corrected chi connectivity index (χ4v) is 2.74. The second-order valence-electron chi connectivity index (χ2n) is 4.17. The second kappa shape index (κ2) is 6.10. The molecule has 1 aromatic heterocycles. The lowest BCUT2D eigenvalue weighted by Gasteiger charge is -2.30. The molecule has 0 radical (unpaired) electrons. The minimum atomic E-state index is -0.0220. The summed E-state index contributed by atoms with van der Waals surface area (Å²) in [7, 11) is 1.72. The van der Waals surface area contributed by atoms with Crippen molar-refractivity contribution in [1.29, 1.82) is 0 Å². The number of carbonyl (C=O) groups excluding carboxylic acids is 1. The van der Waals surface area contributed by atoms with Crippen LogP contribution in [0.1, 0.15) is 29.6 Å². The molecule has 1 amide bonds. The first-order valence-electron chi connectivity index (χ1n) is 6.14. The number of likely N-dealkylation sites (tertiary alicyclic amines) is 1. The van der Waals surface area contributed by atoms with E-state index in [1.807, 2.05) is 11.8 Å². The summed E-state index contributed by atoms with van der Waals surface area (Å²) in [5, 5.41) is 12.1. The van der Waals surface area contributed by atoms with Crippen LogP contribution in [0, 0.1) is 0 Å². The van der Waals surface area contributed by atoms with Crippen molar-refractivity contribution < 1.29 is 9.53 Å². The van der Waals surface area contributed by atoms with Gasteiger partial charge in [0.2, 0.25) is 10.1 Å². The first-order valence-corrected chi connectivity index (χ1v) is 6.95. The molecule has 0 aromatic carbocycles. The smallest absolute Gasteiger partial charge is 0.284 e. The van der Waals surface area contributed by atoms with Gasteiger partial charge in [0.15, 0.2) is 0 Å². The molecule has 18 heavy (non-hydrogen) atoms. The minimum Gasteiger partial charge on any atom is -0.381 e. The van der Waals surface area contributed by atoms with Crippen LogP contribution >= 0.6 is 11.3 Å². The lowest BCUT2D eigenvalue weighted by atomic mass is 10.1. The summed E-state index contributed by atoms with van der Waals surface area (Å²) in [4.78, 5) is 14.0. The molecule has 0 atom stereocenters. The van der Waals surface area contributed by atoms with E-state index in [9.17, 15) is 4.79 Å². The van der Waals surface area contributed by atoms with Gasteiger partial charge in [-0.15, -0.1) is 10.2 Å². The lowest BCUT2D eigenvalue weighted by Crippen LogP contribution is -2.40. The van der Waals surface area contributed by atoms with Crippen molar-refractivity contribution in [3.63, 3.8) is 0 Å². The third kappa shape index (κ3) is 2.97. The van der Waals surface area contributed by atoms with E-state index in [4.69, 9.17) is 4.74 Å². The van der Waals surface area contributed by atoms with Gasteiger partial charge in [-0.05, 0) is 19.8 Å². The highest BCUT2D eigenvalue weighted by Crippen LogP contribution is 2.20. The summed E-state index contributed by atoms with van der Waals surface area (Å²) < 4.78 is 5.29. The predicted octanol–water partition coefficient (Wildman–Crippen LogP) is 1.22. The molecule has 6 nitrogen and oxygen atoms in total. The highest BCUT2D eigenvalue weighted by molar-refractivity contribution is 7.17. The van der Waals surface area contributed by atoms with Crippen LogP contribution in [-0.2, 0) is 4.74 Å². The summed E-state index contributed by atoms with van der Waals surface area (Å²) in [6.07, 6.45) is 2.06. The SMILES string of the molecule is CCNc1nnc(C(=O)N2CCC(OC)CC2)s1. The number of nitrogens with zero attached hydrogens (tertiary/aromatic N) is 3. The largest absolute Gasteiger partial charge is 0.381 e. The third-order valence-corrected chi connectivity index (χ3v) is 3.87. The van der Waals surface area contributed by atoms with Crippen molar-refractivity contribution in [2.24, 2.45) is 0 Å². The lowest BCUT2D eigenvalue weighted by molar-refractivity contribution is 0.0350. The average Bonchev–Trinajstić information content (AvgIpc) is 2.87. The maximum absolute atomic E-state index is 12.2. The monoisotopic (exact) mass is 270 g/mol. The van der Waals surface area contributed by atoms with E-state index in [1.165, 1.54) is 11.3 Å². The Morgan fingerprint density at radius 1 is 1.50 bits per heavy atom. The molecular weight excluding hydrogens is 252 g/mol. The summed E-state index contributed by atoms with van der Waals surface area (Å²) in [6, 6.07) is 0. The number of methoxy groups -OCH3 is 1. The zero-order valence-electron chi connectivity index (χ0n) is 10.7. The number of aromatic nitrogens is 2. The molecule has 1 N–H and O–H groups in total. The molecule has 1 saturated heterocycles. The Balaban J connectivity index is 1.94. The molecule has 0 unspecified atom stereocenters. The van der Waals surface area contributed by atoms with Crippen LogP contribution in [-0.4, -0.2) is 53.9 Å². The van der Waals surface area contributed by atoms with Gasteiger partial charge >= 0.3 is 0 Å². The van der Waals surface area contributed by atoms with Gasteiger partial charge in [-0.1, -0.05) is 11.3 Å². The van der Waals surface area contributed by atoms with E-state index in [2.05, 4.69) is 15.5 Å². The van der Waals surface area contributed by atoms with Crippen molar-refractivity contribution in [3.8, 4) is 0 Å². The van der Waals surface area contributed by atoms with Gasteiger partial charge in [-0.25, -0.2) is 0 Å². The molecular formula is C11H18N4O2S. The maximum atomic E-state index is 12.2. The highest BCUT2D eigenvalue weighted by Gasteiger charge is 2.25. The van der Waals surface area contributed by atoms with Gasteiger partial charge in [0, 0.05) is 26.7 Å². The van der Waals surface area contributed by atoms with E-state index in [0.717, 1.165) is 32.5 Å². The zero-order valence-corrected chi connectivity index (χ0v) is 11.5. The number of anilines is 1. The van der Waals surface area contributed by atoms with Crippen LogP contribution in [0.2, 0.25) is 0 Å². The Bertz CT molecular complexity index is 402. The van der Waals surface area contributed by atoms with Crippen molar-refractivity contribution >= 4 is 22.4 Å². The quantitative estimate of drug-likeness (QED) is 0.891. The molecule has 100 valence electrons. The van der Waals surface area contributed by atoms with Crippen LogP contribution in [0.3, 0.4) is 0 Å². The highest BCUT2D eigenvalue weighted by atomic mass is 32.1. The Hall–Kier alpha value is -1.21. The Kier molecular flexibility index (Phi) is 4.48. The standard InChI is InChI=1S/C11H18N4O2S/c1-3-12-11-14-13-9(18-11)10(16)15-6-4-8(17-2)5-7-15/h8H,3-7H2,1-2H3,(H,12,14). The van der Waals surface area contributed by atoms with E-state index in [0.29, 0.717) is 10.1 Å². The molecule has 7 heteroatoms. The molecule has 2 heterocycles. The Morgan fingerprint density at radius 3 is 2.83 bits per heavy atom. The number of ether oxygens (including phenoxy) is 1. The summed E-state index contributed by atoms with van der Waals surface area (Å²) in [5.74, 6) is -0.0220. The first-order chi connectivity index (χ1) is 8.74. The molecule has 1 fully saturated rings. The normalized spacial score (nSPS) is 16.9. The third-order valence-electron chi connectivity index (χ3n) is 3.00. The van der Waals surface area contributed by atoms with Gasteiger partial charge < -0.3 is 15.0 Å². The number of amides is 1. The number of nitrogens with one attached hydrogen (secondary N) is 1. The number of hydrogen-bond acceptors (Lipinski definition) is 6. The van der Waals surface area contributed by atoms with Crippen LogP contribution in [0.5, 0.6) is 0 Å². The van der Waals surface area contributed by atoms with Gasteiger partial charge in [0.25, 0.3) is 5.91 Å². The van der Waals surface area contributed by atoms with Crippen molar-refractivity contribution in [1.82, 2.24) is 15.1 Å². The fraction of sp³-hybridized carbons (Fsp3) is 0.727. The number of piperidine rings is 1. The Morgan fingerprint density at radius 2 is 2.22 bits per heavy atom. The van der Waals surface area contributed by atoms with Crippen LogP contribution in [0.25, 0.3) is 0 Å². The number of carbonyl (C=O) groups is 1. The molecule has 2 rings (SSSR count). The minimum absolute atomic E-state index is 0.0220. The zero-order chi connectivity index (χ0) is 13.0. The summed E-state index contributed by atoms with van der Waals surface area (Å²) in [6.45, 7) is 4.22. The first kappa shape index (κ1) is 13.2. The van der Waals surface area contributed by atoms with Gasteiger partial charge in [-0.2, -0.15) is 0 Å². The number of hydrogen-bond donors (Lipinski definition) is 1. The van der Waals surface area contributed by atoms with Crippen molar-refractivity contribution in [2.45, 2.75) is 25.9 Å². The summed E-state index contributed by atoms with van der Waals surface area (Å²) >= 11 is 1.31. The average molecular weight is 270 g/mol. The fourth-order valence-electron chi connectivity index (χ4n) is 1.96. The molecule has 1 aliphatic rings. The molecule has 1 aliphatic heterocycles. The molecule has 0 saturated carbocycles. The maximum Gasteiger partial charge on any atom is 0.284 e. The summed E-state index contributed by atoms with van der Waals surface area (Å²) in [5.41, 5.74) is 0. The van der Waals surface area contributed by atoms with E-state index >= 15 is 0 Å². The van der Waals surface area contributed by atoms with Gasteiger partial charge in [-0.3, -0.25) is 4.79 Å². The second-order valence-corrected chi connectivity index (χ2v) is 5.15. The molecule has 1 aromatic rings. The van der Waals surface area contributed by atoms with Crippen molar-refractivity contribution in [3.05, 3.63) is 5.01 Å². The molecule has 0 aliphatic carbocycles. The van der Waals surface area contributed by atoms with Crippen molar-refractivity contribution in [2.75, 3.05) is 32.1 Å². The van der Waals surface area contributed by atoms with Gasteiger partial charge in [0.1, 0.15) is 0 Å². The van der Waals surface area contributed by atoms with Crippen LogP contribution in [0.15, 0.2) is 0 Å². The topological polar surface area (TPSA) is 67.4 Å². The molecule has 0 bridgehead atoms. The van der Waals surface area contributed by atoms with Crippen LogP contribution in [0.4, 0.5) is 5.13 Å². The molecule has 0 spiro atoms. The van der Waals surface area contributed by atoms with E-state index < -0.39 is 0 Å². The van der Waals surface area contributed by atoms with Crippen LogP contribution < -0.4 is 5.32 Å². The Labute approximate surface area is 110 Å².